The number of piperazine rings is 1. The minimum absolute atomic E-state index is 0.00625. The Morgan fingerprint density at radius 1 is 1.09 bits per heavy atom. The summed E-state index contributed by atoms with van der Waals surface area (Å²) in [6, 6.07) is 5.41. The number of carbonyl (C=O) groups excluding carboxylic acids is 2. The predicted molar refractivity (Wildman–Crippen MR) is 83.2 cm³/mol. The molecule has 2 N–H and O–H groups in total. The van der Waals surface area contributed by atoms with E-state index in [0.717, 1.165) is 11.1 Å². The number of rotatable bonds is 2. The molecule has 2 heterocycles. The number of H-pyrrole nitrogens is 2. The van der Waals surface area contributed by atoms with Crippen molar-refractivity contribution in [3.8, 4) is 0 Å². The number of amides is 2. The van der Waals surface area contributed by atoms with E-state index in [9.17, 15) is 14.4 Å². The summed E-state index contributed by atoms with van der Waals surface area (Å²) in [4.78, 5) is 43.7. The maximum Gasteiger partial charge on any atom is 0.409 e. The van der Waals surface area contributed by atoms with Crippen LogP contribution in [0.5, 0.6) is 0 Å². The van der Waals surface area contributed by atoms with E-state index in [4.69, 9.17) is 0 Å². The van der Waals surface area contributed by atoms with E-state index in [0.29, 0.717) is 31.7 Å². The van der Waals surface area contributed by atoms with Gasteiger partial charge in [0.2, 0.25) is 5.91 Å². The molecule has 23 heavy (non-hydrogen) atoms. The van der Waals surface area contributed by atoms with Gasteiger partial charge in [-0.1, -0.05) is 6.07 Å². The van der Waals surface area contributed by atoms with Gasteiger partial charge < -0.3 is 24.5 Å². The highest BCUT2D eigenvalue weighted by Gasteiger charge is 2.24. The predicted octanol–water partition coefficient (Wildman–Crippen LogP) is 0.309. The molecule has 0 unspecified atom stereocenters. The lowest BCUT2D eigenvalue weighted by Gasteiger charge is -2.33. The van der Waals surface area contributed by atoms with Crippen molar-refractivity contribution in [3.05, 3.63) is 34.2 Å². The van der Waals surface area contributed by atoms with Gasteiger partial charge in [-0.25, -0.2) is 9.59 Å². The van der Waals surface area contributed by atoms with Crippen LogP contribution >= 0.6 is 0 Å². The van der Waals surface area contributed by atoms with Crippen LogP contribution in [0.2, 0.25) is 0 Å². The molecule has 0 spiro atoms. The smallest absolute Gasteiger partial charge is 0.409 e. The largest absolute Gasteiger partial charge is 0.453 e. The fourth-order valence-electron chi connectivity index (χ4n) is 2.74. The van der Waals surface area contributed by atoms with E-state index in [2.05, 4.69) is 14.7 Å². The van der Waals surface area contributed by atoms with E-state index >= 15 is 0 Å². The number of methoxy groups -OCH3 is 1. The molecule has 1 aliphatic heterocycles. The molecule has 2 amide bonds. The first kappa shape index (κ1) is 15.1. The first-order chi connectivity index (χ1) is 11.1. The third-order valence-electron chi connectivity index (χ3n) is 4.00. The molecule has 1 fully saturated rings. The van der Waals surface area contributed by atoms with Gasteiger partial charge in [0.1, 0.15) is 0 Å². The number of benzene rings is 1. The van der Waals surface area contributed by atoms with Gasteiger partial charge in [-0.2, -0.15) is 0 Å². The lowest BCUT2D eigenvalue weighted by atomic mass is 10.1. The Morgan fingerprint density at radius 2 is 1.74 bits per heavy atom. The lowest BCUT2D eigenvalue weighted by molar-refractivity contribution is -0.132. The van der Waals surface area contributed by atoms with Crippen LogP contribution in [-0.4, -0.2) is 65.1 Å². The van der Waals surface area contributed by atoms with Crippen molar-refractivity contribution in [2.75, 3.05) is 33.3 Å². The second-order valence-electron chi connectivity index (χ2n) is 5.47. The normalized spacial score (nSPS) is 15.0. The van der Waals surface area contributed by atoms with Crippen molar-refractivity contribution < 1.29 is 14.3 Å². The first-order valence-electron chi connectivity index (χ1n) is 7.38. The molecule has 3 rings (SSSR count). The van der Waals surface area contributed by atoms with Crippen LogP contribution in [0.25, 0.3) is 11.0 Å². The van der Waals surface area contributed by atoms with Crippen LogP contribution in [0.1, 0.15) is 5.56 Å². The van der Waals surface area contributed by atoms with Crippen LogP contribution in [0.3, 0.4) is 0 Å². The minimum atomic E-state index is -0.362. The summed E-state index contributed by atoms with van der Waals surface area (Å²) in [6.07, 6.45) is -0.0968. The number of nitrogens with one attached hydrogen (secondary N) is 2. The van der Waals surface area contributed by atoms with Gasteiger partial charge in [0, 0.05) is 26.2 Å². The minimum Gasteiger partial charge on any atom is -0.453 e. The van der Waals surface area contributed by atoms with Gasteiger partial charge in [0.25, 0.3) is 0 Å². The molecule has 0 bridgehead atoms. The van der Waals surface area contributed by atoms with E-state index in [1.54, 1.807) is 21.9 Å². The third-order valence-corrected chi connectivity index (χ3v) is 4.00. The highest BCUT2D eigenvalue weighted by Crippen LogP contribution is 2.12. The zero-order valence-corrected chi connectivity index (χ0v) is 12.8. The number of ether oxygens (including phenoxy) is 1. The first-order valence-corrected chi connectivity index (χ1v) is 7.38. The van der Waals surface area contributed by atoms with Gasteiger partial charge in [0.05, 0.1) is 24.6 Å². The zero-order chi connectivity index (χ0) is 16.4. The monoisotopic (exact) mass is 318 g/mol. The number of fused-ring (bicyclic) bond motifs is 1. The molecule has 1 aromatic carbocycles. The van der Waals surface area contributed by atoms with Crippen LogP contribution < -0.4 is 5.69 Å². The molecule has 0 saturated carbocycles. The maximum absolute atomic E-state index is 12.4. The SMILES string of the molecule is COC(=O)N1CCN(C(=O)Cc2ccc3[nH]c(=O)[nH]c3c2)CC1. The molecule has 8 heteroatoms. The maximum atomic E-state index is 12.4. The van der Waals surface area contributed by atoms with Crippen molar-refractivity contribution in [3.63, 3.8) is 0 Å². The quantitative estimate of drug-likeness (QED) is 0.832. The Kier molecular flexibility index (Phi) is 4.05. The Bertz CT molecular complexity index is 786. The highest BCUT2D eigenvalue weighted by molar-refractivity contribution is 5.82. The van der Waals surface area contributed by atoms with Gasteiger partial charge >= 0.3 is 11.8 Å². The summed E-state index contributed by atoms with van der Waals surface area (Å²) >= 11 is 0. The van der Waals surface area contributed by atoms with Crippen LogP contribution in [0, 0.1) is 0 Å². The Labute approximate surface area is 132 Å². The van der Waals surface area contributed by atoms with Crippen molar-refractivity contribution in [1.29, 1.82) is 0 Å². The molecule has 122 valence electrons. The second-order valence-corrected chi connectivity index (χ2v) is 5.47. The van der Waals surface area contributed by atoms with Gasteiger partial charge in [0.15, 0.2) is 0 Å². The van der Waals surface area contributed by atoms with Crippen molar-refractivity contribution in [2.45, 2.75) is 6.42 Å². The number of nitrogens with zero attached hydrogens (tertiary/aromatic N) is 2. The van der Waals surface area contributed by atoms with E-state index < -0.39 is 0 Å². The summed E-state index contributed by atoms with van der Waals surface area (Å²) in [6.45, 7) is 1.94. The Hall–Kier alpha value is -2.77. The van der Waals surface area contributed by atoms with Crippen molar-refractivity contribution in [1.82, 2.24) is 19.8 Å². The molecule has 0 aliphatic carbocycles. The Morgan fingerprint density at radius 3 is 2.43 bits per heavy atom. The second kappa shape index (κ2) is 6.15. The third kappa shape index (κ3) is 3.20. The summed E-state index contributed by atoms with van der Waals surface area (Å²) in [5, 5.41) is 0. The van der Waals surface area contributed by atoms with Gasteiger partial charge in [-0.05, 0) is 17.7 Å². The zero-order valence-electron chi connectivity index (χ0n) is 12.8. The summed E-state index contributed by atoms with van der Waals surface area (Å²) in [5.41, 5.74) is 1.99. The molecule has 0 radical (unpaired) electrons. The van der Waals surface area contributed by atoms with E-state index in [1.165, 1.54) is 7.11 Å². The highest BCUT2D eigenvalue weighted by atomic mass is 16.5. The van der Waals surface area contributed by atoms with E-state index in [1.807, 2.05) is 6.07 Å². The average molecular weight is 318 g/mol. The van der Waals surface area contributed by atoms with Gasteiger partial charge in [-0.15, -0.1) is 0 Å². The standard InChI is InChI=1S/C15H18N4O4/c1-23-15(22)19-6-4-18(5-7-19)13(20)9-10-2-3-11-12(8-10)17-14(21)16-11/h2-3,8H,4-7,9H2,1H3,(H2,16,17,21). The molecule has 1 saturated heterocycles. The van der Waals surface area contributed by atoms with E-state index in [-0.39, 0.29) is 24.1 Å². The summed E-state index contributed by atoms with van der Waals surface area (Å²) < 4.78 is 4.68. The van der Waals surface area contributed by atoms with Crippen LogP contribution in [0.15, 0.2) is 23.0 Å². The molecule has 2 aromatic rings. The topological polar surface area (TPSA) is 98.5 Å². The number of aromatic amines is 2. The summed E-state index contributed by atoms with van der Waals surface area (Å²) in [7, 11) is 1.35. The van der Waals surface area contributed by atoms with Crippen molar-refractivity contribution in [2.24, 2.45) is 0 Å². The number of hydrogen-bond donors (Lipinski definition) is 2. The molecule has 0 atom stereocenters. The average Bonchev–Trinajstić information content (AvgIpc) is 2.93. The fraction of sp³-hybridized carbons (Fsp3) is 0.400. The number of aromatic nitrogens is 2. The van der Waals surface area contributed by atoms with Crippen LogP contribution in [-0.2, 0) is 16.0 Å². The number of carbonyl (C=O) groups is 2. The Balaban J connectivity index is 1.62. The molecule has 1 aliphatic rings. The number of hydrogen-bond acceptors (Lipinski definition) is 4. The number of imidazole rings is 1. The molecular formula is C15H18N4O4. The van der Waals surface area contributed by atoms with Crippen LogP contribution in [0.4, 0.5) is 4.79 Å². The molecule has 1 aromatic heterocycles. The molecule has 8 nitrogen and oxygen atoms in total. The molecular weight excluding hydrogens is 300 g/mol. The van der Waals surface area contributed by atoms with Crippen molar-refractivity contribution >= 4 is 23.0 Å². The fourth-order valence-corrected chi connectivity index (χ4v) is 2.74. The lowest BCUT2D eigenvalue weighted by Crippen LogP contribution is -2.50. The van der Waals surface area contributed by atoms with Gasteiger partial charge in [-0.3, -0.25) is 4.79 Å². The summed E-state index contributed by atoms with van der Waals surface area (Å²) in [5.74, 6) is 0.00625.